The van der Waals surface area contributed by atoms with Gasteiger partial charge >= 0.3 is 0 Å². The minimum Gasteiger partial charge on any atom is -0.256 e. The van der Waals surface area contributed by atoms with Crippen LogP contribution >= 0.6 is 0 Å². The van der Waals surface area contributed by atoms with Gasteiger partial charge in [-0.2, -0.15) is 0 Å². The predicted molar refractivity (Wildman–Crippen MR) is 200 cm³/mol. The summed E-state index contributed by atoms with van der Waals surface area (Å²) in [7, 11) is 0. The van der Waals surface area contributed by atoms with E-state index in [0.29, 0.717) is 5.92 Å². The van der Waals surface area contributed by atoms with Gasteiger partial charge in [0.1, 0.15) is 0 Å². The lowest BCUT2D eigenvalue weighted by Crippen LogP contribution is -2.39. The molecule has 47 heavy (non-hydrogen) atoms. The second kappa shape index (κ2) is 12.9. The van der Waals surface area contributed by atoms with E-state index in [1.54, 1.807) is 0 Å². The fourth-order valence-corrected chi connectivity index (χ4v) is 7.83. The second-order valence-electron chi connectivity index (χ2n) is 12.8. The monoisotopic (exact) mass is 605 g/mol. The average Bonchev–Trinajstić information content (AvgIpc) is 3.14. The topological polar surface area (TPSA) is 12.9 Å². The Morgan fingerprint density at radius 2 is 1.43 bits per heavy atom. The van der Waals surface area contributed by atoms with Crippen molar-refractivity contribution in [2.75, 3.05) is 0 Å². The first kappa shape index (κ1) is 29.2. The standard InChI is InChI=1S/C46H39N/c1-2-3-4-15-36-30-44(40-20-9-10-21-43(40)46(36)42-23-12-17-34-14-6-8-19-39(34)42)35-26-24-32(25-27-35)37-28-29-45(47-31-37)41-22-11-16-33-13-5-7-18-38(33)41/h2-11,13-22,24,26,28-29,31,36H,12,23,25,27,30H2,1H3/b3-2-,15-4-. The van der Waals surface area contributed by atoms with E-state index in [0.717, 1.165) is 37.8 Å². The Labute approximate surface area is 277 Å². The molecule has 0 spiro atoms. The van der Waals surface area contributed by atoms with Crippen LogP contribution in [0.5, 0.6) is 0 Å². The molecule has 1 heterocycles. The third kappa shape index (κ3) is 5.57. The SMILES string of the molecule is C/C=C\C=C/C1CC(C2=CC=C(c3ccc(-c4cccc5ccccc45)nc3)CC2)=c2ccccc2=C1C1=c2ccccc2=CCC1. The van der Waals surface area contributed by atoms with Crippen LogP contribution in [0.1, 0.15) is 44.6 Å². The van der Waals surface area contributed by atoms with Crippen LogP contribution in [0, 0.1) is 5.92 Å². The molecular weight excluding hydrogens is 567 g/mol. The van der Waals surface area contributed by atoms with Crippen molar-refractivity contribution in [1.29, 1.82) is 0 Å². The van der Waals surface area contributed by atoms with Crippen LogP contribution in [0.2, 0.25) is 0 Å². The van der Waals surface area contributed by atoms with Gasteiger partial charge in [0.05, 0.1) is 5.69 Å². The summed E-state index contributed by atoms with van der Waals surface area (Å²) >= 11 is 0. The molecule has 0 amide bonds. The van der Waals surface area contributed by atoms with Crippen molar-refractivity contribution in [2.24, 2.45) is 5.92 Å². The Balaban J connectivity index is 1.20. The molecular formula is C46H39N. The second-order valence-corrected chi connectivity index (χ2v) is 12.8. The van der Waals surface area contributed by atoms with Crippen molar-refractivity contribution in [2.45, 2.75) is 39.0 Å². The third-order valence-electron chi connectivity index (χ3n) is 10.1. The maximum absolute atomic E-state index is 4.94. The Bertz CT molecular complexity index is 2370. The predicted octanol–water partition coefficient (Wildman–Crippen LogP) is 8.58. The van der Waals surface area contributed by atoms with Crippen molar-refractivity contribution >= 4 is 39.1 Å². The lowest BCUT2D eigenvalue weighted by Gasteiger charge is -2.29. The normalized spacial score (nSPS) is 17.8. The molecule has 8 rings (SSSR count). The molecule has 1 atom stereocenters. The van der Waals surface area contributed by atoms with Gasteiger partial charge in [0.15, 0.2) is 0 Å². The Kier molecular flexibility index (Phi) is 7.97. The van der Waals surface area contributed by atoms with Crippen molar-refractivity contribution in [3.63, 3.8) is 0 Å². The molecule has 3 aliphatic rings. The number of fused-ring (bicyclic) bond motifs is 3. The van der Waals surface area contributed by atoms with Crippen LogP contribution in [-0.4, -0.2) is 4.98 Å². The number of aromatic nitrogens is 1. The quantitative estimate of drug-likeness (QED) is 0.177. The maximum atomic E-state index is 4.94. The molecule has 1 aromatic heterocycles. The van der Waals surface area contributed by atoms with E-state index < -0.39 is 0 Å². The lowest BCUT2D eigenvalue weighted by molar-refractivity contribution is 0.830. The van der Waals surface area contributed by atoms with Gasteiger partial charge < -0.3 is 0 Å². The first-order valence-electron chi connectivity index (χ1n) is 17.0. The summed E-state index contributed by atoms with van der Waals surface area (Å²) < 4.78 is 0. The first-order valence-corrected chi connectivity index (χ1v) is 17.0. The Hall–Kier alpha value is -5.27. The van der Waals surface area contributed by atoms with Crippen molar-refractivity contribution in [3.05, 3.63) is 178 Å². The van der Waals surface area contributed by atoms with Gasteiger partial charge in [-0.25, -0.2) is 0 Å². The van der Waals surface area contributed by atoms with Crippen LogP contribution in [0.4, 0.5) is 0 Å². The van der Waals surface area contributed by atoms with Gasteiger partial charge in [-0.1, -0.05) is 140 Å². The molecule has 5 aromatic rings. The number of hydrogen-bond acceptors (Lipinski definition) is 1. The lowest BCUT2D eigenvalue weighted by atomic mass is 9.75. The number of pyridine rings is 1. The Morgan fingerprint density at radius 3 is 2.26 bits per heavy atom. The molecule has 1 unspecified atom stereocenters. The third-order valence-corrected chi connectivity index (χ3v) is 10.1. The minimum atomic E-state index is 0.328. The largest absolute Gasteiger partial charge is 0.256 e. The summed E-state index contributed by atoms with van der Waals surface area (Å²) in [5.41, 5.74) is 10.8. The summed E-state index contributed by atoms with van der Waals surface area (Å²) in [6, 6.07) is 37.5. The molecule has 4 aromatic carbocycles. The number of benzene rings is 4. The summed E-state index contributed by atoms with van der Waals surface area (Å²) in [6.45, 7) is 2.09. The van der Waals surface area contributed by atoms with Crippen molar-refractivity contribution in [1.82, 2.24) is 4.98 Å². The Morgan fingerprint density at radius 1 is 0.660 bits per heavy atom. The molecule has 0 radical (unpaired) electrons. The molecule has 228 valence electrons. The average molecular weight is 606 g/mol. The van der Waals surface area contributed by atoms with Gasteiger partial charge in [0.25, 0.3) is 0 Å². The van der Waals surface area contributed by atoms with E-state index in [1.165, 1.54) is 70.6 Å². The zero-order valence-electron chi connectivity index (χ0n) is 27.0. The van der Waals surface area contributed by atoms with Gasteiger partial charge in [0.2, 0.25) is 0 Å². The van der Waals surface area contributed by atoms with Crippen LogP contribution in [0.25, 0.3) is 50.4 Å². The molecule has 0 fully saturated rings. The van der Waals surface area contributed by atoms with Crippen LogP contribution in [0.15, 0.2) is 151 Å². The number of nitrogens with zero attached hydrogens (tertiary/aromatic N) is 1. The van der Waals surface area contributed by atoms with Crippen molar-refractivity contribution in [3.8, 4) is 11.3 Å². The molecule has 1 nitrogen and oxygen atoms in total. The molecule has 3 aliphatic carbocycles. The first-order chi connectivity index (χ1) is 23.3. The van der Waals surface area contributed by atoms with Crippen molar-refractivity contribution < 1.29 is 0 Å². The van der Waals surface area contributed by atoms with E-state index in [1.807, 2.05) is 0 Å². The fraction of sp³-hybridized carbons (Fsp3) is 0.152. The van der Waals surface area contributed by atoms with Gasteiger partial charge in [-0.15, -0.1) is 0 Å². The van der Waals surface area contributed by atoms with E-state index >= 15 is 0 Å². The van der Waals surface area contributed by atoms with Gasteiger partial charge in [-0.3, -0.25) is 4.98 Å². The molecule has 0 N–H and O–H groups in total. The van der Waals surface area contributed by atoms with Crippen LogP contribution in [-0.2, 0) is 0 Å². The fourth-order valence-electron chi connectivity index (χ4n) is 7.83. The summed E-state index contributed by atoms with van der Waals surface area (Å²) in [6.07, 6.45) is 23.4. The van der Waals surface area contributed by atoms with E-state index in [-0.39, 0.29) is 0 Å². The smallest absolute Gasteiger partial charge is 0.0708 e. The van der Waals surface area contributed by atoms with Gasteiger partial charge in [0, 0.05) is 17.7 Å². The highest BCUT2D eigenvalue weighted by Crippen LogP contribution is 2.38. The highest BCUT2D eigenvalue weighted by Gasteiger charge is 2.26. The zero-order valence-corrected chi connectivity index (χ0v) is 27.0. The number of hydrogen-bond donors (Lipinski definition) is 0. The minimum absolute atomic E-state index is 0.328. The maximum Gasteiger partial charge on any atom is 0.0708 e. The van der Waals surface area contributed by atoms with Gasteiger partial charge in [-0.05, 0) is 110 Å². The zero-order chi connectivity index (χ0) is 31.6. The van der Waals surface area contributed by atoms with Crippen LogP contribution < -0.4 is 20.9 Å². The highest BCUT2D eigenvalue weighted by atomic mass is 14.7. The van der Waals surface area contributed by atoms with E-state index in [9.17, 15) is 0 Å². The van der Waals surface area contributed by atoms with Crippen LogP contribution in [0.3, 0.4) is 0 Å². The highest BCUT2D eigenvalue weighted by molar-refractivity contribution is 5.96. The molecule has 0 saturated carbocycles. The molecule has 0 aliphatic heterocycles. The molecule has 1 heteroatoms. The van der Waals surface area contributed by atoms with E-state index in [2.05, 4.69) is 159 Å². The summed E-state index contributed by atoms with van der Waals surface area (Å²) in [5, 5.41) is 8.07. The number of rotatable bonds is 6. The van der Waals surface area contributed by atoms with E-state index in [4.69, 9.17) is 4.98 Å². The molecule has 0 saturated heterocycles. The summed E-state index contributed by atoms with van der Waals surface area (Å²) in [4.78, 5) is 4.94. The molecule has 0 bridgehead atoms. The number of allylic oxidation sites excluding steroid dienone is 8. The summed E-state index contributed by atoms with van der Waals surface area (Å²) in [5.74, 6) is 0.328.